The van der Waals surface area contributed by atoms with Crippen molar-refractivity contribution in [2.45, 2.75) is 6.42 Å². The lowest BCUT2D eigenvalue weighted by Gasteiger charge is -2.08. The van der Waals surface area contributed by atoms with Crippen molar-refractivity contribution in [1.29, 1.82) is 0 Å². The largest absolute Gasteiger partial charge is 0.294 e. The molecule has 0 atom stereocenters. The molecule has 1 aromatic carbocycles. The number of nitrogens with zero attached hydrogens (tertiary/aromatic N) is 1. The number of para-hydroxylation sites is 2. The van der Waals surface area contributed by atoms with E-state index in [-0.39, 0.29) is 23.7 Å². The SMILES string of the molecule is O=C(Cc1ccsc1)NNc1ccccc1[N+](=O)[O-]. The molecular formula is C12H11N3O3S. The lowest BCUT2D eigenvalue weighted by molar-refractivity contribution is -0.384. The van der Waals surface area contributed by atoms with Gasteiger partial charge in [0.15, 0.2) is 0 Å². The van der Waals surface area contributed by atoms with Crippen LogP contribution in [0.15, 0.2) is 41.1 Å². The van der Waals surface area contributed by atoms with E-state index < -0.39 is 4.92 Å². The first-order valence-corrected chi connectivity index (χ1v) is 6.40. The fourth-order valence-corrected chi connectivity index (χ4v) is 2.17. The summed E-state index contributed by atoms with van der Waals surface area (Å²) in [6.45, 7) is 0. The Balaban J connectivity index is 1.95. The molecule has 1 aromatic heterocycles. The quantitative estimate of drug-likeness (QED) is 0.649. The number of carbonyl (C=O) groups excluding carboxylic acids is 1. The van der Waals surface area contributed by atoms with Crippen molar-refractivity contribution in [3.63, 3.8) is 0 Å². The number of anilines is 1. The van der Waals surface area contributed by atoms with Crippen LogP contribution >= 0.6 is 11.3 Å². The van der Waals surface area contributed by atoms with Gasteiger partial charge in [0.25, 0.3) is 5.69 Å². The first kappa shape index (κ1) is 13.0. The number of nitro benzene ring substituents is 1. The number of rotatable bonds is 5. The van der Waals surface area contributed by atoms with Crippen LogP contribution in [0, 0.1) is 10.1 Å². The minimum Gasteiger partial charge on any atom is -0.292 e. The van der Waals surface area contributed by atoms with Crippen LogP contribution in [0.25, 0.3) is 0 Å². The highest BCUT2D eigenvalue weighted by Gasteiger charge is 2.12. The van der Waals surface area contributed by atoms with E-state index in [4.69, 9.17) is 0 Å². The molecule has 0 aliphatic carbocycles. The lowest BCUT2D eigenvalue weighted by atomic mass is 10.2. The monoisotopic (exact) mass is 277 g/mol. The molecule has 2 aromatic rings. The first-order valence-electron chi connectivity index (χ1n) is 5.46. The molecule has 0 saturated carbocycles. The minimum absolute atomic E-state index is 0.0849. The highest BCUT2D eigenvalue weighted by molar-refractivity contribution is 7.07. The molecule has 2 N–H and O–H groups in total. The molecule has 7 heteroatoms. The van der Waals surface area contributed by atoms with Gasteiger partial charge in [0, 0.05) is 6.07 Å². The van der Waals surface area contributed by atoms with Crippen LogP contribution in [-0.4, -0.2) is 10.8 Å². The van der Waals surface area contributed by atoms with Crippen molar-refractivity contribution >= 4 is 28.6 Å². The van der Waals surface area contributed by atoms with E-state index in [1.807, 2.05) is 16.8 Å². The van der Waals surface area contributed by atoms with Crippen LogP contribution in [-0.2, 0) is 11.2 Å². The van der Waals surface area contributed by atoms with Gasteiger partial charge in [-0.1, -0.05) is 12.1 Å². The average Bonchev–Trinajstić information content (AvgIpc) is 2.89. The molecule has 0 aliphatic rings. The number of carbonyl (C=O) groups is 1. The molecule has 0 bridgehead atoms. The molecule has 0 aliphatic heterocycles. The molecule has 0 fully saturated rings. The predicted molar refractivity (Wildman–Crippen MR) is 72.9 cm³/mol. The van der Waals surface area contributed by atoms with E-state index in [2.05, 4.69) is 10.9 Å². The van der Waals surface area contributed by atoms with Crippen molar-refractivity contribution in [3.05, 3.63) is 56.8 Å². The van der Waals surface area contributed by atoms with Gasteiger partial charge in [0.1, 0.15) is 5.69 Å². The van der Waals surface area contributed by atoms with Gasteiger partial charge >= 0.3 is 0 Å². The van der Waals surface area contributed by atoms with Crippen molar-refractivity contribution in [1.82, 2.24) is 5.43 Å². The summed E-state index contributed by atoms with van der Waals surface area (Å²) < 4.78 is 0. The fraction of sp³-hybridized carbons (Fsp3) is 0.0833. The molecule has 1 heterocycles. The summed E-state index contributed by atoms with van der Waals surface area (Å²) >= 11 is 1.51. The van der Waals surface area contributed by atoms with Crippen molar-refractivity contribution in [2.75, 3.05) is 5.43 Å². The molecule has 1 amide bonds. The van der Waals surface area contributed by atoms with Gasteiger partial charge in [-0.3, -0.25) is 25.8 Å². The van der Waals surface area contributed by atoms with E-state index >= 15 is 0 Å². The standard InChI is InChI=1S/C12H11N3O3S/c16-12(7-9-5-6-19-8-9)14-13-10-3-1-2-4-11(10)15(17)18/h1-6,8,13H,7H2,(H,14,16). The maximum Gasteiger partial charge on any atom is 0.294 e. The molecule has 0 radical (unpaired) electrons. The minimum atomic E-state index is -0.507. The molecule has 0 spiro atoms. The Hall–Kier alpha value is -2.41. The average molecular weight is 277 g/mol. The van der Waals surface area contributed by atoms with E-state index in [9.17, 15) is 14.9 Å². The zero-order valence-corrected chi connectivity index (χ0v) is 10.6. The smallest absolute Gasteiger partial charge is 0.292 e. The van der Waals surface area contributed by atoms with E-state index in [0.717, 1.165) is 5.56 Å². The summed E-state index contributed by atoms with van der Waals surface area (Å²) in [6.07, 6.45) is 0.233. The van der Waals surface area contributed by atoms with Crippen molar-refractivity contribution < 1.29 is 9.72 Å². The van der Waals surface area contributed by atoms with E-state index in [1.54, 1.807) is 12.1 Å². The highest BCUT2D eigenvalue weighted by atomic mass is 32.1. The number of nitro groups is 1. The highest BCUT2D eigenvalue weighted by Crippen LogP contribution is 2.22. The van der Waals surface area contributed by atoms with Gasteiger partial charge in [-0.15, -0.1) is 0 Å². The Morgan fingerprint density at radius 3 is 2.79 bits per heavy atom. The molecule has 2 rings (SSSR count). The van der Waals surface area contributed by atoms with Crippen LogP contribution in [0.4, 0.5) is 11.4 Å². The van der Waals surface area contributed by atoms with Gasteiger partial charge in [-0.05, 0) is 28.5 Å². The van der Waals surface area contributed by atoms with E-state index in [0.29, 0.717) is 0 Å². The lowest BCUT2D eigenvalue weighted by Crippen LogP contribution is -2.30. The number of hydrogen-bond acceptors (Lipinski definition) is 5. The summed E-state index contributed by atoms with van der Waals surface area (Å²) in [5.41, 5.74) is 6.09. The molecule has 6 nitrogen and oxygen atoms in total. The number of hydrazine groups is 1. The summed E-state index contributed by atoms with van der Waals surface area (Å²) in [7, 11) is 0. The second-order valence-electron chi connectivity index (χ2n) is 3.76. The first-order chi connectivity index (χ1) is 9.16. The van der Waals surface area contributed by atoms with Gasteiger partial charge in [0.2, 0.25) is 5.91 Å². The summed E-state index contributed by atoms with van der Waals surface area (Å²) in [4.78, 5) is 21.9. The molecule has 98 valence electrons. The third kappa shape index (κ3) is 3.52. The Bertz CT molecular complexity index is 584. The second-order valence-corrected chi connectivity index (χ2v) is 4.54. The Labute approximate surface area is 113 Å². The zero-order valence-electron chi connectivity index (χ0n) is 9.83. The van der Waals surface area contributed by atoms with Crippen LogP contribution in [0.3, 0.4) is 0 Å². The molecular weight excluding hydrogens is 266 g/mol. The fourth-order valence-electron chi connectivity index (χ4n) is 1.50. The Kier molecular flexibility index (Phi) is 4.09. The predicted octanol–water partition coefficient (Wildman–Crippen LogP) is 2.34. The molecule has 0 saturated heterocycles. The van der Waals surface area contributed by atoms with Gasteiger partial charge < -0.3 is 0 Å². The zero-order chi connectivity index (χ0) is 13.7. The van der Waals surface area contributed by atoms with Crippen molar-refractivity contribution in [3.8, 4) is 0 Å². The van der Waals surface area contributed by atoms with Gasteiger partial charge in [0.05, 0.1) is 11.3 Å². The Morgan fingerprint density at radius 1 is 1.32 bits per heavy atom. The maximum atomic E-state index is 11.6. The van der Waals surface area contributed by atoms with E-state index in [1.165, 1.54) is 23.5 Å². The van der Waals surface area contributed by atoms with Gasteiger partial charge in [-0.2, -0.15) is 11.3 Å². The van der Waals surface area contributed by atoms with Gasteiger partial charge in [-0.25, -0.2) is 0 Å². The normalized spacial score (nSPS) is 9.89. The number of hydrogen-bond donors (Lipinski definition) is 2. The molecule has 19 heavy (non-hydrogen) atoms. The third-order valence-electron chi connectivity index (χ3n) is 2.38. The molecule has 0 unspecified atom stereocenters. The van der Waals surface area contributed by atoms with Crippen LogP contribution in [0.1, 0.15) is 5.56 Å². The van der Waals surface area contributed by atoms with Crippen LogP contribution in [0.5, 0.6) is 0 Å². The van der Waals surface area contributed by atoms with Crippen LogP contribution < -0.4 is 10.9 Å². The summed E-state index contributed by atoms with van der Waals surface area (Å²) in [6, 6.07) is 7.97. The third-order valence-corrected chi connectivity index (χ3v) is 3.11. The summed E-state index contributed by atoms with van der Waals surface area (Å²) in [5, 5.41) is 14.5. The number of nitrogens with one attached hydrogen (secondary N) is 2. The topological polar surface area (TPSA) is 84.3 Å². The second kappa shape index (κ2) is 5.96. The number of benzene rings is 1. The van der Waals surface area contributed by atoms with Crippen molar-refractivity contribution in [2.24, 2.45) is 0 Å². The Morgan fingerprint density at radius 2 is 2.11 bits per heavy atom. The van der Waals surface area contributed by atoms with Crippen LogP contribution in [0.2, 0.25) is 0 Å². The number of amides is 1. The summed E-state index contributed by atoms with van der Waals surface area (Å²) in [5.74, 6) is -0.253. The number of thiophene rings is 1. The maximum absolute atomic E-state index is 11.6.